The zero-order valence-electron chi connectivity index (χ0n) is 13.0. The summed E-state index contributed by atoms with van der Waals surface area (Å²) in [5.41, 5.74) is 1.28. The number of thiophene rings is 1. The van der Waals surface area contributed by atoms with Gasteiger partial charge in [-0.1, -0.05) is 19.8 Å². The minimum Gasteiger partial charge on any atom is -0.451 e. The maximum absolute atomic E-state index is 12.0. The standard InChI is InChI=1S/C17H23NO3S/c1-11-5-2-3-7-13(11)18-16(19)10-21-17(20)15-9-12-6-4-8-14(12)22-15/h9,11,13H,2-8,10H2,1H3,(H,18,19)/t11-,13+/m0/s1. The van der Waals surface area contributed by atoms with Gasteiger partial charge in [0.1, 0.15) is 4.88 Å². The van der Waals surface area contributed by atoms with Crippen molar-refractivity contribution in [2.24, 2.45) is 5.92 Å². The van der Waals surface area contributed by atoms with E-state index in [4.69, 9.17) is 4.74 Å². The number of esters is 1. The number of amides is 1. The highest BCUT2D eigenvalue weighted by atomic mass is 32.1. The van der Waals surface area contributed by atoms with Crippen LogP contribution in [0.25, 0.3) is 0 Å². The molecule has 0 saturated heterocycles. The molecule has 0 aromatic carbocycles. The molecule has 1 saturated carbocycles. The number of rotatable bonds is 4. The predicted molar refractivity (Wildman–Crippen MR) is 86.2 cm³/mol. The summed E-state index contributed by atoms with van der Waals surface area (Å²) >= 11 is 1.51. The van der Waals surface area contributed by atoms with Gasteiger partial charge in [-0.15, -0.1) is 11.3 Å². The van der Waals surface area contributed by atoms with Gasteiger partial charge >= 0.3 is 5.97 Å². The van der Waals surface area contributed by atoms with Gasteiger partial charge in [0, 0.05) is 10.9 Å². The topological polar surface area (TPSA) is 55.4 Å². The van der Waals surface area contributed by atoms with Crippen LogP contribution in [-0.2, 0) is 22.4 Å². The first-order chi connectivity index (χ1) is 10.6. The first-order valence-corrected chi connectivity index (χ1v) is 9.03. The van der Waals surface area contributed by atoms with E-state index >= 15 is 0 Å². The maximum Gasteiger partial charge on any atom is 0.348 e. The van der Waals surface area contributed by atoms with E-state index in [1.807, 2.05) is 6.07 Å². The van der Waals surface area contributed by atoms with E-state index in [9.17, 15) is 9.59 Å². The van der Waals surface area contributed by atoms with E-state index in [0.717, 1.165) is 32.1 Å². The third kappa shape index (κ3) is 3.51. The Balaban J connectivity index is 1.46. The van der Waals surface area contributed by atoms with Crippen LogP contribution in [0.2, 0.25) is 0 Å². The molecule has 0 spiro atoms. The van der Waals surface area contributed by atoms with Gasteiger partial charge in [0.2, 0.25) is 0 Å². The number of aryl methyl sites for hydroxylation is 2. The molecule has 1 N–H and O–H groups in total. The molecule has 0 radical (unpaired) electrons. The molecule has 2 atom stereocenters. The number of fused-ring (bicyclic) bond motifs is 1. The molecule has 1 aromatic heterocycles. The zero-order chi connectivity index (χ0) is 15.5. The summed E-state index contributed by atoms with van der Waals surface area (Å²) in [6.07, 6.45) is 7.89. The number of ether oxygens (including phenoxy) is 1. The van der Waals surface area contributed by atoms with Crippen molar-refractivity contribution in [1.82, 2.24) is 5.32 Å². The van der Waals surface area contributed by atoms with Gasteiger partial charge in [-0.3, -0.25) is 4.79 Å². The van der Waals surface area contributed by atoms with Gasteiger partial charge in [-0.25, -0.2) is 4.79 Å². The lowest BCUT2D eigenvalue weighted by Crippen LogP contribution is -2.42. The van der Waals surface area contributed by atoms with Crippen molar-refractivity contribution in [3.8, 4) is 0 Å². The Kier molecular flexibility index (Phi) is 4.81. The van der Waals surface area contributed by atoms with Crippen molar-refractivity contribution >= 4 is 23.2 Å². The van der Waals surface area contributed by atoms with Crippen molar-refractivity contribution in [1.29, 1.82) is 0 Å². The monoisotopic (exact) mass is 321 g/mol. The second kappa shape index (κ2) is 6.82. The molecule has 22 heavy (non-hydrogen) atoms. The summed E-state index contributed by atoms with van der Waals surface area (Å²) in [7, 11) is 0. The van der Waals surface area contributed by atoms with Gasteiger partial charge in [-0.05, 0) is 49.7 Å². The van der Waals surface area contributed by atoms with Crippen molar-refractivity contribution in [3.63, 3.8) is 0 Å². The number of nitrogens with one attached hydrogen (secondary N) is 1. The molecule has 0 aliphatic heterocycles. The molecule has 1 aromatic rings. The lowest BCUT2D eigenvalue weighted by molar-refractivity contribution is -0.125. The van der Waals surface area contributed by atoms with Gasteiger partial charge in [0.15, 0.2) is 6.61 Å². The Morgan fingerprint density at radius 1 is 1.27 bits per heavy atom. The maximum atomic E-state index is 12.0. The third-order valence-electron chi connectivity index (χ3n) is 4.74. The molecular formula is C17H23NO3S. The summed E-state index contributed by atoms with van der Waals surface area (Å²) < 4.78 is 5.16. The summed E-state index contributed by atoms with van der Waals surface area (Å²) in [6.45, 7) is 1.99. The molecule has 0 unspecified atom stereocenters. The quantitative estimate of drug-likeness (QED) is 0.867. The Morgan fingerprint density at radius 3 is 2.86 bits per heavy atom. The van der Waals surface area contributed by atoms with Crippen LogP contribution in [0.1, 0.15) is 59.1 Å². The molecule has 2 aliphatic rings. The second-order valence-electron chi connectivity index (χ2n) is 6.42. The van der Waals surface area contributed by atoms with Crippen molar-refractivity contribution in [3.05, 3.63) is 21.4 Å². The number of carbonyl (C=O) groups is 2. The second-order valence-corrected chi connectivity index (χ2v) is 7.56. The Morgan fingerprint density at radius 2 is 2.09 bits per heavy atom. The average molecular weight is 321 g/mol. The molecule has 0 bridgehead atoms. The smallest absolute Gasteiger partial charge is 0.348 e. The van der Waals surface area contributed by atoms with Crippen LogP contribution in [0.5, 0.6) is 0 Å². The summed E-state index contributed by atoms with van der Waals surface area (Å²) in [4.78, 5) is 25.9. The van der Waals surface area contributed by atoms with E-state index < -0.39 is 0 Å². The molecule has 5 heteroatoms. The minimum absolute atomic E-state index is 0.176. The summed E-state index contributed by atoms with van der Waals surface area (Å²) in [5, 5.41) is 3.00. The Labute approximate surface area is 135 Å². The molecule has 1 fully saturated rings. The highest BCUT2D eigenvalue weighted by molar-refractivity contribution is 7.14. The Hall–Kier alpha value is -1.36. The largest absolute Gasteiger partial charge is 0.451 e. The van der Waals surface area contributed by atoms with Gasteiger partial charge < -0.3 is 10.1 Å². The highest BCUT2D eigenvalue weighted by Crippen LogP contribution is 2.31. The molecular weight excluding hydrogens is 298 g/mol. The number of hydrogen-bond donors (Lipinski definition) is 1. The SMILES string of the molecule is C[C@H]1CCCC[C@H]1NC(=O)COC(=O)c1cc2c(s1)CCC2. The van der Waals surface area contributed by atoms with Crippen molar-refractivity contribution in [2.45, 2.75) is 57.9 Å². The fraction of sp³-hybridized carbons (Fsp3) is 0.647. The van der Waals surface area contributed by atoms with E-state index in [0.29, 0.717) is 10.8 Å². The Bertz CT molecular complexity index is 545. The fourth-order valence-electron chi connectivity index (χ4n) is 3.41. The first-order valence-electron chi connectivity index (χ1n) is 8.21. The average Bonchev–Trinajstić information content (AvgIpc) is 3.08. The molecule has 1 heterocycles. The lowest BCUT2D eigenvalue weighted by atomic mass is 9.86. The number of carbonyl (C=O) groups excluding carboxylic acids is 2. The predicted octanol–water partition coefficient (Wildman–Crippen LogP) is 3.09. The van der Waals surface area contributed by atoms with Gasteiger partial charge in [0.05, 0.1) is 0 Å². The third-order valence-corrected chi connectivity index (χ3v) is 5.96. The van der Waals surface area contributed by atoms with Crippen LogP contribution < -0.4 is 5.32 Å². The molecule has 2 aliphatic carbocycles. The molecule has 1 amide bonds. The van der Waals surface area contributed by atoms with E-state index in [-0.39, 0.29) is 24.5 Å². The van der Waals surface area contributed by atoms with Crippen LogP contribution in [0.4, 0.5) is 0 Å². The first kappa shape index (κ1) is 15.5. The van der Waals surface area contributed by atoms with Crippen LogP contribution in [0, 0.1) is 5.92 Å². The normalized spacial score (nSPS) is 23.9. The zero-order valence-corrected chi connectivity index (χ0v) is 13.8. The molecule has 4 nitrogen and oxygen atoms in total. The van der Waals surface area contributed by atoms with Crippen molar-refractivity contribution in [2.75, 3.05) is 6.61 Å². The fourth-order valence-corrected chi connectivity index (χ4v) is 4.56. The van der Waals surface area contributed by atoms with Crippen LogP contribution in [-0.4, -0.2) is 24.5 Å². The highest BCUT2D eigenvalue weighted by Gasteiger charge is 2.24. The lowest BCUT2D eigenvalue weighted by Gasteiger charge is -2.29. The van der Waals surface area contributed by atoms with Gasteiger partial charge in [-0.2, -0.15) is 0 Å². The van der Waals surface area contributed by atoms with E-state index in [2.05, 4.69) is 12.2 Å². The number of hydrogen-bond acceptors (Lipinski definition) is 4. The molecule has 3 rings (SSSR count). The van der Waals surface area contributed by atoms with Crippen LogP contribution >= 0.6 is 11.3 Å². The van der Waals surface area contributed by atoms with E-state index in [1.54, 1.807) is 0 Å². The minimum atomic E-state index is -0.369. The van der Waals surface area contributed by atoms with Crippen LogP contribution in [0.3, 0.4) is 0 Å². The van der Waals surface area contributed by atoms with Crippen molar-refractivity contribution < 1.29 is 14.3 Å². The summed E-state index contributed by atoms with van der Waals surface area (Å²) in [5.74, 6) is -0.0453. The van der Waals surface area contributed by atoms with E-state index in [1.165, 1.54) is 34.6 Å². The van der Waals surface area contributed by atoms with Gasteiger partial charge in [0.25, 0.3) is 5.91 Å². The van der Waals surface area contributed by atoms with Crippen LogP contribution in [0.15, 0.2) is 6.07 Å². The molecule has 120 valence electrons. The summed E-state index contributed by atoms with van der Waals surface area (Å²) in [6, 6.07) is 2.15.